The van der Waals surface area contributed by atoms with Gasteiger partial charge in [-0.3, -0.25) is 4.79 Å². The maximum atomic E-state index is 13.7. The van der Waals surface area contributed by atoms with E-state index in [1.165, 1.54) is 18.9 Å². The smallest absolute Gasteiger partial charge is 0.220 e. The number of rotatable bonds is 5. The van der Waals surface area contributed by atoms with Crippen LogP contribution in [-0.2, 0) is 4.79 Å². The fraction of sp³-hybridized carbons (Fsp3) is 0.588. The molecule has 0 aromatic heterocycles. The molecule has 2 rings (SSSR count). The topological polar surface area (TPSA) is 41.1 Å². The Morgan fingerprint density at radius 1 is 1.43 bits per heavy atom. The van der Waals surface area contributed by atoms with Crippen molar-refractivity contribution in [1.82, 2.24) is 10.6 Å². The summed E-state index contributed by atoms with van der Waals surface area (Å²) in [6.07, 6.45) is 2.87. The molecule has 4 heteroatoms. The van der Waals surface area contributed by atoms with E-state index in [0.29, 0.717) is 23.8 Å². The van der Waals surface area contributed by atoms with Crippen LogP contribution >= 0.6 is 0 Å². The van der Waals surface area contributed by atoms with Crippen molar-refractivity contribution in [2.75, 3.05) is 13.1 Å². The van der Waals surface area contributed by atoms with Gasteiger partial charge in [-0.15, -0.1) is 0 Å². The summed E-state index contributed by atoms with van der Waals surface area (Å²) in [6.45, 7) is 6.03. The molecule has 1 saturated heterocycles. The summed E-state index contributed by atoms with van der Waals surface area (Å²) >= 11 is 0. The minimum absolute atomic E-state index is 0.00354. The van der Waals surface area contributed by atoms with Gasteiger partial charge in [-0.1, -0.05) is 25.1 Å². The maximum Gasteiger partial charge on any atom is 0.220 e. The Labute approximate surface area is 126 Å². The van der Waals surface area contributed by atoms with E-state index in [9.17, 15) is 9.18 Å². The largest absolute Gasteiger partial charge is 0.349 e. The number of piperidine rings is 1. The lowest BCUT2D eigenvalue weighted by Gasteiger charge is -2.28. The summed E-state index contributed by atoms with van der Waals surface area (Å²) in [7, 11) is 0. The van der Waals surface area contributed by atoms with Crippen LogP contribution in [0, 0.1) is 17.7 Å². The van der Waals surface area contributed by atoms with Crippen LogP contribution in [-0.4, -0.2) is 19.0 Å². The monoisotopic (exact) mass is 292 g/mol. The average molecular weight is 292 g/mol. The van der Waals surface area contributed by atoms with Crippen LogP contribution in [0.4, 0.5) is 4.39 Å². The van der Waals surface area contributed by atoms with E-state index >= 15 is 0 Å². The molecule has 0 aliphatic carbocycles. The summed E-state index contributed by atoms with van der Waals surface area (Å²) in [5, 5.41) is 6.29. The molecule has 1 aliphatic rings. The summed E-state index contributed by atoms with van der Waals surface area (Å²) < 4.78 is 13.7. The average Bonchev–Trinajstić information content (AvgIpc) is 2.48. The number of nitrogens with one attached hydrogen (secondary N) is 2. The SMILES string of the molecule is CC(CC(=O)N[C@H](C)c1ccccc1F)C1CCCNC1. The highest BCUT2D eigenvalue weighted by molar-refractivity contribution is 5.76. The molecule has 3 nitrogen and oxygen atoms in total. The lowest BCUT2D eigenvalue weighted by atomic mass is 9.85. The maximum absolute atomic E-state index is 13.7. The molecule has 1 amide bonds. The zero-order valence-corrected chi connectivity index (χ0v) is 12.9. The van der Waals surface area contributed by atoms with E-state index in [2.05, 4.69) is 17.6 Å². The van der Waals surface area contributed by atoms with E-state index < -0.39 is 0 Å². The molecule has 3 atom stereocenters. The van der Waals surface area contributed by atoms with Gasteiger partial charge in [0.2, 0.25) is 5.91 Å². The molecular formula is C17H25FN2O. The first-order chi connectivity index (χ1) is 10.1. The molecule has 116 valence electrons. The van der Waals surface area contributed by atoms with Crippen LogP contribution in [0.3, 0.4) is 0 Å². The molecule has 21 heavy (non-hydrogen) atoms. The van der Waals surface area contributed by atoms with Crippen LogP contribution < -0.4 is 10.6 Å². The Hall–Kier alpha value is -1.42. The van der Waals surface area contributed by atoms with Crippen LogP contribution in [0.15, 0.2) is 24.3 Å². The summed E-state index contributed by atoms with van der Waals surface area (Å²) in [5.41, 5.74) is 0.540. The Morgan fingerprint density at radius 3 is 2.86 bits per heavy atom. The zero-order valence-electron chi connectivity index (χ0n) is 12.9. The fourth-order valence-corrected chi connectivity index (χ4v) is 3.03. The second-order valence-electron chi connectivity index (χ2n) is 6.10. The summed E-state index contributed by atoms with van der Waals surface area (Å²) in [4.78, 5) is 12.1. The molecule has 0 radical (unpaired) electrons. The van der Waals surface area contributed by atoms with E-state index in [4.69, 9.17) is 0 Å². The second kappa shape index (κ2) is 7.55. The van der Waals surface area contributed by atoms with Gasteiger partial charge in [0.25, 0.3) is 0 Å². The van der Waals surface area contributed by atoms with Crippen molar-refractivity contribution in [2.24, 2.45) is 11.8 Å². The van der Waals surface area contributed by atoms with E-state index in [-0.39, 0.29) is 17.8 Å². The number of amides is 1. The summed E-state index contributed by atoms with van der Waals surface area (Å²) in [6, 6.07) is 6.29. The van der Waals surface area contributed by atoms with Crippen molar-refractivity contribution >= 4 is 5.91 Å². The van der Waals surface area contributed by atoms with Gasteiger partial charge in [0.1, 0.15) is 5.82 Å². The highest BCUT2D eigenvalue weighted by Crippen LogP contribution is 2.23. The highest BCUT2D eigenvalue weighted by Gasteiger charge is 2.23. The number of carbonyl (C=O) groups excluding carboxylic acids is 1. The Bertz CT molecular complexity index is 472. The van der Waals surface area contributed by atoms with Crippen LogP contribution in [0.1, 0.15) is 44.7 Å². The van der Waals surface area contributed by atoms with Gasteiger partial charge in [0.05, 0.1) is 6.04 Å². The molecular weight excluding hydrogens is 267 g/mol. The number of benzene rings is 1. The van der Waals surface area contributed by atoms with Gasteiger partial charge in [0, 0.05) is 12.0 Å². The Kier molecular flexibility index (Phi) is 5.74. The van der Waals surface area contributed by atoms with Gasteiger partial charge >= 0.3 is 0 Å². The normalized spacial score (nSPS) is 21.6. The highest BCUT2D eigenvalue weighted by atomic mass is 19.1. The minimum Gasteiger partial charge on any atom is -0.349 e. The third kappa shape index (κ3) is 4.53. The molecule has 1 aliphatic heterocycles. The predicted molar refractivity (Wildman–Crippen MR) is 82.3 cm³/mol. The van der Waals surface area contributed by atoms with Crippen molar-refractivity contribution in [3.05, 3.63) is 35.6 Å². The summed E-state index contributed by atoms with van der Waals surface area (Å²) in [5.74, 6) is 0.651. The van der Waals surface area contributed by atoms with E-state index in [1.807, 2.05) is 6.92 Å². The number of carbonyl (C=O) groups is 1. The van der Waals surface area contributed by atoms with Crippen molar-refractivity contribution in [1.29, 1.82) is 0 Å². The molecule has 2 unspecified atom stereocenters. The van der Waals surface area contributed by atoms with E-state index in [0.717, 1.165) is 13.1 Å². The van der Waals surface area contributed by atoms with E-state index in [1.54, 1.807) is 18.2 Å². The van der Waals surface area contributed by atoms with Crippen LogP contribution in [0.25, 0.3) is 0 Å². The second-order valence-corrected chi connectivity index (χ2v) is 6.10. The van der Waals surface area contributed by atoms with Crippen molar-refractivity contribution in [3.63, 3.8) is 0 Å². The number of hydrogen-bond acceptors (Lipinski definition) is 2. The third-order valence-corrected chi connectivity index (χ3v) is 4.40. The molecule has 0 bridgehead atoms. The molecule has 2 N–H and O–H groups in total. The first-order valence-corrected chi connectivity index (χ1v) is 7.82. The van der Waals surface area contributed by atoms with Crippen molar-refractivity contribution < 1.29 is 9.18 Å². The fourth-order valence-electron chi connectivity index (χ4n) is 3.03. The minimum atomic E-state index is -0.296. The third-order valence-electron chi connectivity index (χ3n) is 4.40. The molecule has 0 spiro atoms. The van der Waals surface area contributed by atoms with Gasteiger partial charge in [-0.05, 0) is 50.8 Å². The van der Waals surface area contributed by atoms with Crippen molar-refractivity contribution in [2.45, 2.75) is 39.2 Å². The van der Waals surface area contributed by atoms with Crippen molar-refractivity contribution in [3.8, 4) is 0 Å². The lowest BCUT2D eigenvalue weighted by Crippen LogP contribution is -2.36. The van der Waals surface area contributed by atoms with Crippen LogP contribution in [0.5, 0.6) is 0 Å². The van der Waals surface area contributed by atoms with Crippen LogP contribution in [0.2, 0.25) is 0 Å². The molecule has 0 saturated carbocycles. The van der Waals surface area contributed by atoms with Gasteiger partial charge < -0.3 is 10.6 Å². The predicted octanol–water partition coefficient (Wildman–Crippen LogP) is 3.03. The Morgan fingerprint density at radius 2 is 2.19 bits per heavy atom. The molecule has 1 fully saturated rings. The first kappa shape index (κ1) is 16.0. The Balaban J connectivity index is 1.85. The molecule has 1 aromatic carbocycles. The first-order valence-electron chi connectivity index (χ1n) is 7.82. The zero-order chi connectivity index (χ0) is 15.2. The van der Waals surface area contributed by atoms with Gasteiger partial charge in [-0.2, -0.15) is 0 Å². The van der Waals surface area contributed by atoms with Gasteiger partial charge in [-0.25, -0.2) is 4.39 Å². The lowest BCUT2D eigenvalue weighted by molar-refractivity contribution is -0.123. The number of halogens is 1. The standard InChI is InChI=1S/C17H25FN2O/c1-12(14-6-5-9-19-11-14)10-17(21)20-13(2)15-7-3-4-8-16(15)18/h3-4,7-8,12-14,19H,5-6,9-11H2,1-2H3,(H,20,21)/t12?,13-,14?/m1/s1. The molecule has 1 aromatic rings. The quantitative estimate of drug-likeness (QED) is 0.876. The number of hydrogen-bond donors (Lipinski definition) is 2. The van der Waals surface area contributed by atoms with Gasteiger partial charge in [0.15, 0.2) is 0 Å². The molecule has 1 heterocycles.